The van der Waals surface area contributed by atoms with Crippen molar-refractivity contribution in [3.63, 3.8) is 0 Å². The fraction of sp³-hybridized carbons (Fsp3) is 0.0566. The molecule has 0 unspecified atom stereocenters. The van der Waals surface area contributed by atoms with Crippen molar-refractivity contribution in [1.29, 1.82) is 0 Å². The topological polar surface area (TPSA) is 48.2 Å². The summed E-state index contributed by atoms with van der Waals surface area (Å²) >= 11 is 0. The minimum Gasteiger partial charge on any atom is -0.457 e. The zero-order valence-corrected chi connectivity index (χ0v) is 30.9. The molecule has 1 spiro atoms. The highest BCUT2D eigenvalue weighted by Gasteiger charge is 2.50. The molecule has 12 rings (SSSR count). The molecule has 0 atom stereocenters. The molecule has 57 heavy (non-hydrogen) atoms. The summed E-state index contributed by atoms with van der Waals surface area (Å²) in [6, 6.07) is 60.1. The van der Waals surface area contributed by atoms with Gasteiger partial charge in [-0.15, -0.1) is 0 Å². The van der Waals surface area contributed by atoms with Crippen molar-refractivity contribution in [3.8, 4) is 45.1 Å². The molecule has 2 aromatic heterocycles. The number of hydrogen-bond donors (Lipinski definition) is 0. The van der Waals surface area contributed by atoms with E-state index in [0.717, 1.165) is 96.9 Å². The molecule has 0 amide bonds. The molecule has 7 aromatic carbocycles. The third-order valence-corrected chi connectivity index (χ3v) is 12.1. The second-order valence-corrected chi connectivity index (χ2v) is 15.1. The van der Waals surface area contributed by atoms with E-state index in [1.165, 1.54) is 27.8 Å². The number of benzene rings is 7. The van der Waals surface area contributed by atoms with Crippen LogP contribution in [-0.2, 0) is 5.41 Å². The largest absolute Gasteiger partial charge is 0.457 e. The number of nitrogens with zero attached hydrogens (tertiary/aromatic N) is 2. The van der Waals surface area contributed by atoms with Gasteiger partial charge >= 0.3 is 0 Å². The van der Waals surface area contributed by atoms with Gasteiger partial charge in [0.25, 0.3) is 0 Å². The summed E-state index contributed by atoms with van der Waals surface area (Å²) < 4.78 is 13.2. The summed E-state index contributed by atoms with van der Waals surface area (Å²) in [4.78, 5) is 10.6. The molecule has 1 aliphatic heterocycles. The van der Waals surface area contributed by atoms with Crippen molar-refractivity contribution < 1.29 is 9.15 Å². The first-order valence-electron chi connectivity index (χ1n) is 19.6. The Bertz CT molecular complexity index is 3120. The number of fused-ring (bicyclic) bond motifs is 12. The maximum atomic E-state index is 6.89. The molecular formula is C53H34N2O2. The third-order valence-electron chi connectivity index (χ3n) is 12.1. The highest BCUT2D eigenvalue weighted by molar-refractivity contribution is 6.06. The molecule has 0 radical (unpaired) electrons. The maximum Gasteiger partial charge on any atom is 0.157 e. The van der Waals surface area contributed by atoms with Crippen LogP contribution in [0.1, 0.15) is 46.5 Å². The third kappa shape index (κ3) is 4.74. The van der Waals surface area contributed by atoms with E-state index in [2.05, 4.69) is 164 Å². The zero-order chi connectivity index (χ0) is 37.5. The summed E-state index contributed by atoms with van der Waals surface area (Å²) in [5, 5.41) is 2.21. The van der Waals surface area contributed by atoms with E-state index < -0.39 is 5.41 Å². The van der Waals surface area contributed by atoms with Crippen LogP contribution < -0.4 is 4.74 Å². The van der Waals surface area contributed by atoms with Gasteiger partial charge in [0.1, 0.15) is 22.7 Å². The van der Waals surface area contributed by atoms with Crippen LogP contribution in [0, 0.1) is 0 Å². The van der Waals surface area contributed by atoms with Crippen LogP contribution in [0.4, 0.5) is 0 Å². The minimum atomic E-state index is -0.502. The molecule has 0 fully saturated rings. The molecule has 4 nitrogen and oxygen atoms in total. The van der Waals surface area contributed by atoms with Gasteiger partial charge in [-0.25, -0.2) is 9.97 Å². The molecule has 9 aromatic rings. The van der Waals surface area contributed by atoms with Gasteiger partial charge in [0.05, 0.1) is 16.8 Å². The van der Waals surface area contributed by atoms with Crippen LogP contribution in [0.15, 0.2) is 186 Å². The number of ether oxygens (including phenoxy) is 1. The van der Waals surface area contributed by atoms with Crippen molar-refractivity contribution in [2.75, 3.05) is 0 Å². The lowest BCUT2D eigenvalue weighted by molar-refractivity contribution is 0.436. The Morgan fingerprint density at radius 1 is 0.474 bits per heavy atom. The van der Waals surface area contributed by atoms with Gasteiger partial charge in [-0.3, -0.25) is 0 Å². The van der Waals surface area contributed by atoms with E-state index >= 15 is 0 Å². The Balaban J connectivity index is 1.04. The molecule has 268 valence electrons. The fourth-order valence-corrected chi connectivity index (χ4v) is 9.57. The Kier molecular flexibility index (Phi) is 6.93. The number of para-hydroxylation sites is 2. The SMILES string of the molecule is C1=CC(c2ccc3c(c2)Oc2ccccc2C32c3ccccc3-c3ccccc32)=C(c2nc(-c3ccccc3)cc(-c3ccc4c(c3)oc3ccccc34)n2)CC1. The van der Waals surface area contributed by atoms with E-state index in [4.69, 9.17) is 19.1 Å². The van der Waals surface area contributed by atoms with Crippen LogP contribution in [0.25, 0.3) is 66.7 Å². The number of aromatic nitrogens is 2. The predicted molar refractivity (Wildman–Crippen MR) is 229 cm³/mol. The van der Waals surface area contributed by atoms with Crippen LogP contribution in [-0.4, -0.2) is 9.97 Å². The molecular weight excluding hydrogens is 697 g/mol. The average molecular weight is 731 g/mol. The van der Waals surface area contributed by atoms with E-state index in [9.17, 15) is 0 Å². The zero-order valence-electron chi connectivity index (χ0n) is 30.9. The van der Waals surface area contributed by atoms with Gasteiger partial charge < -0.3 is 9.15 Å². The quantitative estimate of drug-likeness (QED) is 0.181. The summed E-state index contributed by atoms with van der Waals surface area (Å²) in [7, 11) is 0. The highest BCUT2D eigenvalue weighted by Crippen LogP contribution is 2.62. The van der Waals surface area contributed by atoms with Gasteiger partial charge in [-0.1, -0.05) is 146 Å². The minimum absolute atomic E-state index is 0.502. The first-order valence-corrected chi connectivity index (χ1v) is 19.6. The van der Waals surface area contributed by atoms with Gasteiger partial charge in [-0.05, 0) is 82.6 Å². The number of allylic oxidation sites excluding steroid dienone is 4. The van der Waals surface area contributed by atoms with E-state index in [1.807, 2.05) is 18.2 Å². The summed E-state index contributed by atoms with van der Waals surface area (Å²) in [5.74, 6) is 2.48. The number of hydrogen-bond acceptors (Lipinski definition) is 4. The monoisotopic (exact) mass is 730 g/mol. The van der Waals surface area contributed by atoms with Crippen molar-refractivity contribution in [2.45, 2.75) is 18.3 Å². The molecule has 0 saturated heterocycles. The molecule has 0 N–H and O–H groups in total. The smallest absolute Gasteiger partial charge is 0.157 e. The molecule has 4 heteroatoms. The van der Waals surface area contributed by atoms with Crippen molar-refractivity contribution in [2.24, 2.45) is 0 Å². The Morgan fingerprint density at radius 2 is 1.12 bits per heavy atom. The normalized spacial score (nSPS) is 14.7. The summed E-state index contributed by atoms with van der Waals surface area (Å²) in [5.41, 5.74) is 15.7. The molecule has 3 aliphatic rings. The predicted octanol–water partition coefficient (Wildman–Crippen LogP) is 13.4. The first-order chi connectivity index (χ1) is 28.2. The molecule has 3 heterocycles. The van der Waals surface area contributed by atoms with E-state index in [0.29, 0.717) is 0 Å². The highest BCUT2D eigenvalue weighted by atomic mass is 16.5. The lowest BCUT2D eigenvalue weighted by Gasteiger charge is -2.39. The lowest BCUT2D eigenvalue weighted by atomic mass is 9.66. The second kappa shape index (κ2) is 12.4. The molecule has 0 saturated carbocycles. The van der Waals surface area contributed by atoms with Crippen molar-refractivity contribution in [3.05, 3.63) is 216 Å². The van der Waals surface area contributed by atoms with Gasteiger partial charge in [0.2, 0.25) is 0 Å². The van der Waals surface area contributed by atoms with Crippen LogP contribution in [0.3, 0.4) is 0 Å². The van der Waals surface area contributed by atoms with Gasteiger partial charge in [0, 0.05) is 38.6 Å². The first kappa shape index (κ1) is 32.0. The van der Waals surface area contributed by atoms with Crippen LogP contribution >= 0.6 is 0 Å². The van der Waals surface area contributed by atoms with Crippen molar-refractivity contribution >= 4 is 33.1 Å². The average Bonchev–Trinajstić information content (AvgIpc) is 3.80. The summed E-state index contributed by atoms with van der Waals surface area (Å²) in [6.45, 7) is 0. The lowest BCUT2D eigenvalue weighted by Crippen LogP contribution is -2.32. The second-order valence-electron chi connectivity index (χ2n) is 15.1. The van der Waals surface area contributed by atoms with E-state index in [-0.39, 0.29) is 0 Å². The Morgan fingerprint density at radius 3 is 1.95 bits per heavy atom. The number of rotatable bonds is 4. The molecule has 2 aliphatic carbocycles. The Hall–Kier alpha value is -7.30. The van der Waals surface area contributed by atoms with Gasteiger partial charge in [-0.2, -0.15) is 0 Å². The van der Waals surface area contributed by atoms with E-state index in [1.54, 1.807) is 0 Å². The van der Waals surface area contributed by atoms with Crippen LogP contribution in [0.2, 0.25) is 0 Å². The molecule has 0 bridgehead atoms. The van der Waals surface area contributed by atoms with Crippen molar-refractivity contribution in [1.82, 2.24) is 9.97 Å². The maximum absolute atomic E-state index is 6.89. The van der Waals surface area contributed by atoms with Crippen LogP contribution in [0.5, 0.6) is 11.5 Å². The standard InChI is InChI=1S/C53H34N2O2/c1-2-14-33(15-3-1)46-32-47(35-26-28-40-39-19-8-12-24-48(39)56-50(40)31-35)55-52(54-46)41-20-5-4-16-36(41)34-27-29-45-51(30-34)57-49-25-13-11-23-44(49)53(45)42-21-9-6-17-37(42)38-18-7-10-22-43(38)53/h1-4,6-19,21-32H,5,20H2. The Labute approximate surface area is 330 Å². The fourth-order valence-electron chi connectivity index (χ4n) is 9.57. The van der Waals surface area contributed by atoms with Gasteiger partial charge in [0.15, 0.2) is 5.82 Å². The number of furan rings is 1. The summed E-state index contributed by atoms with van der Waals surface area (Å²) in [6.07, 6.45) is 6.23.